The Balaban J connectivity index is 2.51. The summed E-state index contributed by atoms with van der Waals surface area (Å²) < 4.78 is 5.18. The van der Waals surface area contributed by atoms with E-state index in [0.717, 1.165) is 0 Å². The van der Waals surface area contributed by atoms with E-state index in [1.54, 1.807) is 13.8 Å². The third kappa shape index (κ3) is 4.36. The Morgan fingerprint density at radius 3 is 2.68 bits per heavy atom. The second-order valence-corrected chi connectivity index (χ2v) is 4.98. The van der Waals surface area contributed by atoms with E-state index >= 15 is 0 Å². The molecule has 0 aromatic rings. The molecule has 110 valence electrons. The number of rotatable bonds is 5. The number of aliphatic hydroxyl groups excluding tert-OH is 1. The van der Waals surface area contributed by atoms with E-state index in [2.05, 4.69) is 5.32 Å². The lowest BCUT2D eigenvalue weighted by Crippen LogP contribution is -2.54. The Morgan fingerprint density at radius 1 is 1.47 bits per heavy atom. The van der Waals surface area contributed by atoms with Crippen LogP contribution in [0.5, 0.6) is 0 Å². The summed E-state index contributed by atoms with van der Waals surface area (Å²) >= 11 is 0. The van der Waals surface area contributed by atoms with Crippen LogP contribution in [0.25, 0.3) is 0 Å². The number of aliphatic carboxylic acids is 1. The van der Waals surface area contributed by atoms with Gasteiger partial charge in [0.25, 0.3) is 0 Å². The second kappa shape index (κ2) is 7.30. The summed E-state index contributed by atoms with van der Waals surface area (Å²) in [6.07, 6.45) is 0. The van der Waals surface area contributed by atoms with Gasteiger partial charge in [-0.05, 0) is 5.92 Å². The van der Waals surface area contributed by atoms with Crippen LogP contribution in [0.4, 0.5) is 4.79 Å². The molecule has 1 saturated heterocycles. The molecule has 0 radical (unpaired) electrons. The summed E-state index contributed by atoms with van der Waals surface area (Å²) in [7, 11) is 0. The van der Waals surface area contributed by atoms with Gasteiger partial charge in [0.1, 0.15) is 0 Å². The molecule has 1 heterocycles. The molecule has 2 unspecified atom stereocenters. The van der Waals surface area contributed by atoms with Gasteiger partial charge in [0.2, 0.25) is 0 Å². The average molecular weight is 274 g/mol. The van der Waals surface area contributed by atoms with Crippen LogP contribution in [-0.4, -0.2) is 66.1 Å². The lowest BCUT2D eigenvalue weighted by Gasteiger charge is -2.34. The van der Waals surface area contributed by atoms with Gasteiger partial charge in [0, 0.05) is 13.1 Å². The van der Waals surface area contributed by atoms with Crippen molar-refractivity contribution >= 4 is 12.0 Å². The molecular formula is C12H22N2O5. The van der Waals surface area contributed by atoms with Crippen molar-refractivity contribution in [2.24, 2.45) is 11.8 Å². The number of urea groups is 1. The van der Waals surface area contributed by atoms with Gasteiger partial charge in [0.05, 0.1) is 31.8 Å². The zero-order valence-electron chi connectivity index (χ0n) is 11.3. The molecule has 2 atom stereocenters. The second-order valence-electron chi connectivity index (χ2n) is 4.98. The maximum atomic E-state index is 12.0. The summed E-state index contributed by atoms with van der Waals surface area (Å²) in [5.41, 5.74) is 0. The van der Waals surface area contributed by atoms with Crippen LogP contribution in [0.1, 0.15) is 13.8 Å². The fraction of sp³-hybridized carbons (Fsp3) is 0.833. The number of aliphatic hydroxyl groups is 1. The monoisotopic (exact) mass is 274 g/mol. The minimum atomic E-state index is -0.920. The lowest BCUT2D eigenvalue weighted by atomic mass is 9.96. The topological polar surface area (TPSA) is 99.1 Å². The molecule has 0 saturated carbocycles. The molecule has 0 spiro atoms. The summed E-state index contributed by atoms with van der Waals surface area (Å²) in [5.74, 6) is -1.59. The van der Waals surface area contributed by atoms with Crippen LogP contribution in [0.15, 0.2) is 0 Å². The highest BCUT2D eigenvalue weighted by molar-refractivity contribution is 5.76. The van der Waals surface area contributed by atoms with E-state index in [4.69, 9.17) is 14.9 Å². The molecular weight excluding hydrogens is 252 g/mol. The number of ether oxygens (including phenoxy) is 1. The Bertz CT molecular complexity index is 321. The highest BCUT2D eigenvalue weighted by Crippen LogP contribution is 2.11. The molecule has 0 aromatic heterocycles. The molecule has 2 amide bonds. The molecule has 0 aliphatic carbocycles. The molecule has 1 fully saturated rings. The molecule has 7 heteroatoms. The van der Waals surface area contributed by atoms with E-state index in [1.807, 2.05) is 0 Å². The van der Waals surface area contributed by atoms with Gasteiger partial charge in [-0.1, -0.05) is 13.8 Å². The van der Waals surface area contributed by atoms with Crippen molar-refractivity contribution < 1.29 is 24.5 Å². The van der Waals surface area contributed by atoms with Crippen LogP contribution in [0.2, 0.25) is 0 Å². The quantitative estimate of drug-likeness (QED) is 0.642. The molecule has 7 nitrogen and oxygen atoms in total. The number of hydrogen-bond acceptors (Lipinski definition) is 4. The fourth-order valence-corrected chi connectivity index (χ4v) is 1.98. The number of carbonyl (C=O) groups is 2. The summed E-state index contributed by atoms with van der Waals surface area (Å²) in [6.45, 7) is 4.65. The van der Waals surface area contributed by atoms with E-state index in [9.17, 15) is 9.59 Å². The summed E-state index contributed by atoms with van der Waals surface area (Å²) in [6, 6.07) is -0.717. The average Bonchev–Trinajstić information content (AvgIpc) is 2.37. The van der Waals surface area contributed by atoms with Crippen LogP contribution in [0, 0.1) is 11.8 Å². The maximum Gasteiger partial charge on any atom is 0.317 e. The van der Waals surface area contributed by atoms with Crippen molar-refractivity contribution in [3.05, 3.63) is 0 Å². The highest BCUT2D eigenvalue weighted by atomic mass is 16.5. The molecule has 0 aromatic carbocycles. The third-order valence-electron chi connectivity index (χ3n) is 3.29. The van der Waals surface area contributed by atoms with Crippen molar-refractivity contribution in [3.63, 3.8) is 0 Å². The van der Waals surface area contributed by atoms with Gasteiger partial charge in [-0.3, -0.25) is 4.79 Å². The fourth-order valence-electron chi connectivity index (χ4n) is 1.98. The Morgan fingerprint density at radius 2 is 2.16 bits per heavy atom. The predicted octanol–water partition coefficient (Wildman–Crippen LogP) is -0.254. The van der Waals surface area contributed by atoms with Crippen molar-refractivity contribution in [3.8, 4) is 0 Å². The van der Waals surface area contributed by atoms with Crippen molar-refractivity contribution in [2.75, 3.05) is 32.9 Å². The van der Waals surface area contributed by atoms with Crippen LogP contribution in [-0.2, 0) is 9.53 Å². The minimum absolute atomic E-state index is 0.0591. The van der Waals surface area contributed by atoms with Gasteiger partial charge >= 0.3 is 12.0 Å². The van der Waals surface area contributed by atoms with Gasteiger partial charge < -0.3 is 25.2 Å². The SMILES string of the molecule is CC(C)C(CNC(=O)N1CCOCC1CO)C(=O)O. The van der Waals surface area contributed by atoms with Gasteiger partial charge in [-0.15, -0.1) is 0 Å². The van der Waals surface area contributed by atoms with E-state index in [-0.39, 0.29) is 31.1 Å². The standard InChI is InChI=1S/C12H22N2O5/c1-8(2)10(11(16)17)5-13-12(18)14-3-4-19-7-9(14)6-15/h8-10,15H,3-7H2,1-2H3,(H,13,18)(H,16,17). The molecule has 1 aliphatic heterocycles. The number of nitrogens with one attached hydrogen (secondary N) is 1. The summed E-state index contributed by atoms with van der Waals surface area (Å²) in [5, 5.41) is 20.8. The smallest absolute Gasteiger partial charge is 0.317 e. The first-order valence-electron chi connectivity index (χ1n) is 6.43. The largest absolute Gasteiger partial charge is 0.481 e. The molecule has 1 aliphatic rings. The molecule has 0 bridgehead atoms. The normalized spacial score (nSPS) is 21.3. The van der Waals surface area contributed by atoms with Crippen LogP contribution in [0.3, 0.4) is 0 Å². The molecule has 3 N–H and O–H groups in total. The van der Waals surface area contributed by atoms with E-state index < -0.39 is 11.9 Å². The van der Waals surface area contributed by atoms with Crippen LogP contribution < -0.4 is 5.32 Å². The first kappa shape index (κ1) is 15.7. The van der Waals surface area contributed by atoms with E-state index in [0.29, 0.717) is 19.8 Å². The number of nitrogens with zero attached hydrogens (tertiary/aromatic N) is 1. The number of carbonyl (C=O) groups excluding carboxylic acids is 1. The zero-order chi connectivity index (χ0) is 14.4. The first-order valence-corrected chi connectivity index (χ1v) is 6.43. The molecule has 1 rings (SSSR count). The highest BCUT2D eigenvalue weighted by Gasteiger charge is 2.28. The van der Waals surface area contributed by atoms with Crippen LogP contribution >= 0.6 is 0 Å². The van der Waals surface area contributed by atoms with E-state index in [1.165, 1.54) is 4.90 Å². The zero-order valence-corrected chi connectivity index (χ0v) is 11.3. The molecule has 19 heavy (non-hydrogen) atoms. The number of amides is 2. The number of morpholine rings is 1. The number of carboxylic acids is 1. The Labute approximate surface area is 112 Å². The Hall–Kier alpha value is -1.34. The van der Waals surface area contributed by atoms with Gasteiger partial charge in [-0.2, -0.15) is 0 Å². The van der Waals surface area contributed by atoms with Crippen molar-refractivity contribution in [1.82, 2.24) is 10.2 Å². The Kier molecular flexibility index (Phi) is 6.04. The van der Waals surface area contributed by atoms with Gasteiger partial charge in [0.15, 0.2) is 0 Å². The number of hydrogen-bond donors (Lipinski definition) is 3. The van der Waals surface area contributed by atoms with Crippen molar-refractivity contribution in [1.29, 1.82) is 0 Å². The van der Waals surface area contributed by atoms with Crippen molar-refractivity contribution in [2.45, 2.75) is 19.9 Å². The summed E-state index contributed by atoms with van der Waals surface area (Å²) in [4.78, 5) is 24.5. The maximum absolute atomic E-state index is 12.0. The number of carboxylic acid groups (broad SMARTS) is 1. The predicted molar refractivity (Wildman–Crippen MR) is 67.8 cm³/mol. The lowest BCUT2D eigenvalue weighted by molar-refractivity contribution is -0.142. The van der Waals surface area contributed by atoms with Gasteiger partial charge in [-0.25, -0.2) is 4.79 Å². The minimum Gasteiger partial charge on any atom is -0.481 e. The third-order valence-corrected chi connectivity index (χ3v) is 3.29. The first-order chi connectivity index (χ1) is 8.97.